The van der Waals surface area contributed by atoms with Crippen LogP contribution in [-0.2, 0) is 4.79 Å². The molecular formula is C24H39O. The summed E-state index contributed by atoms with van der Waals surface area (Å²) in [5, 5.41) is 0. The molecule has 4 aliphatic rings. The lowest BCUT2D eigenvalue weighted by Crippen LogP contribution is -2.53. The van der Waals surface area contributed by atoms with Crippen molar-refractivity contribution >= 4 is 6.29 Å². The van der Waals surface area contributed by atoms with Gasteiger partial charge in [0, 0.05) is 6.42 Å². The molecule has 4 fully saturated rings. The van der Waals surface area contributed by atoms with Crippen molar-refractivity contribution in [2.45, 2.75) is 97.8 Å². The van der Waals surface area contributed by atoms with Crippen molar-refractivity contribution in [2.24, 2.45) is 46.3 Å². The molecule has 0 saturated heterocycles. The van der Waals surface area contributed by atoms with Crippen LogP contribution in [0.4, 0.5) is 0 Å². The van der Waals surface area contributed by atoms with Crippen molar-refractivity contribution < 1.29 is 4.79 Å². The molecule has 0 spiro atoms. The number of carbonyl (C=O) groups excluding carboxylic acids is 1. The monoisotopic (exact) mass is 343 g/mol. The number of fused-ring (bicyclic) bond motifs is 5. The standard InChI is InChI=1S/C24H39O/c1-17(7-6-16-25)20-11-12-21-19-10-9-18-8-4-5-14-23(18,2)22(19)13-15-24(20,21)3/h17-22H,4-15H2,1-3H3/t17-,18?,19+,20-,21+,22+,23+,24-/m1/s1. The van der Waals surface area contributed by atoms with Crippen LogP contribution < -0.4 is 0 Å². The Bertz CT molecular complexity index is 498. The molecule has 25 heavy (non-hydrogen) atoms. The molecule has 0 aliphatic heterocycles. The highest BCUT2D eigenvalue weighted by Gasteiger charge is 2.59. The van der Waals surface area contributed by atoms with E-state index in [0.29, 0.717) is 23.2 Å². The summed E-state index contributed by atoms with van der Waals surface area (Å²) in [4.78, 5) is 10.7. The van der Waals surface area contributed by atoms with E-state index in [0.717, 1.165) is 36.0 Å². The summed E-state index contributed by atoms with van der Waals surface area (Å²) in [6.45, 7) is 7.74. The normalized spacial score (nSPS) is 50.4. The molecule has 0 bridgehead atoms. The fourth-order valence-corrected chi connectivity index (χ4v) is 8.76. The molecule has 0 aromatic heterocycles. The summed E-state index contributed by atoms with van der Waals surface area (Å²) < 4.78 is 0. The Labute approximate surface area is 155 Å². The first-order valence-electron chi connectivity index (χ1n) is 11.4. The summed E-state index contributed by atoms with van der Waals surface area (Å²) in [7, 11) is 0. The molecule has 0 N–H and O–H groups in total. The Morgan fingerprint density at radius 1 is 0.920 bits per heavy atom. The van der Waals surface area contributed by atoms with Crippen molar-refractivity contribution in [3.8, 4) is 0 Å². The van der Waals surface area contributed by atoms with Gasteiger partial charge in [0.1, 0.15) is 0 Å². The predicted molar refractivity (Wildman–Crippen MR) is 104 cm³/mol. The first kappa shape index (κ1) is 18.1. The zero-order chi connectivity index (χ0) is 17.7. The number of hydrogen-bond donors (Lipinski definition) is 0. The minimum atomic E-state index is 0.557. The van der Waals surface area contributed by atoms with Gasteiger partial charge < -0.3 is 0 Å². The van der Waals surface area contributed by atoms with E-state index in [9.17, 15) is 4.79 Å². The summed E-state index contributed by atoms with van der Waals surface area (Å²) in [6, 6.07) is 0. The predicted octanol–water partition coefficient (Wildman–Crippen LogP) is 6.56. The molecule has 1 radical (unpaired) electrons. The van der Waals surface area contributed by atoms with E-state index < -0.39 is 0 Å². The van der Waals surface area contributed by atoms with Crippen LogP contribution in [0, 0.1) is 46.3 Å². The molecule has 0 heterocycles. The summed E-state index contributed by atoms with van der Waals surface area (Å²) in [5.74, 6) is 5.58. The Kier molecular flexibility index (Phi) is 4.82. The van der Waals surface area contributed by atoms with Gasteiger partial charge in [-0.1, -0.05) is 33.6 Å². The van der Waals surface area contributed by atoms with Gasteiger partial charge in [-0.15, -0.1) is 0 Å². The zero-order valence-corrected chi connectivity index (χ0v) is 16.9. The van der Waals surface area contributed by atoms with E-state index in [1.54, 1.807) is 0 Å². The van der Waals surface area contributed by atoms with Gasteiger partial charge in [0.15, 0.2) is 6.29 Å². The molecule has 4 rings (SSSR count). The minimum Gasteiger partial charge on any atom is -0.291 e. The summed E-state index contributed by atoms with van der Waals surface area (Å²) in [6.07, 6.45) is 18.7. The van der Waals surface area contributed by atoms with Gasteiger partial charge in [0.2, 0.25) is 0 Å². The number of hydrogen-bond acceptors (Lipinski definition) is 1. The lowest BCUT2D eigenvalue weighted by Gasteiger charge is -2.61. The molecule has 4 aliphatic carbocycles. The van der Waals surface area contributed by atoms with Crippen LogP contribution in [0.25, 0.3) is 0 Å². The van der Waals surface area contributed by atoms with E-state index in [1.807, 2.05) is 0 Å². The van der Waals surface area contributed by atoms with Crippen LogP contribution >= 0.6 is 0 Å². The van der Waals surface area contributed by atoms with Crippen molar-refractivity contribution in [1.29, 1.82) is 0 Å². The maximum atomic E-state index is 10.7. The van der Waals surface area contributed by atoms with Gasteiger partial charge in [0.05, 0.1) is 0 Å². The second kappa shape index (κ2) is 6.68. The fraction of sp³-hybridized carbons (Fsp3) is 0.958. The Balaban J connectivity index is 1.54. The van der Waals surface area contributed by atoms with Gasteiger partial charge >= 0.3 is 0 Å². The van der Waals surface area contributed by atoms with E-state index in [1.165, 1.54) is 64.2 Å². The van der Waals surface area contributed by atoms with E-state index in [4.69, 9.17) is 0 Å². The molecular weight excluding hydrogens is 304 g/mol. The second-order valence-electron chi connectivity index (χ2n) is 10.8. The maximum absolute atomic E-state index is 10.7. The van der Waals surface area contributed by atoms with Crippen LogP contribution in [0.1, 0.15) is 97.8 Å². The smallest absolute Gasteiger partial charge is 0.198 e. The van der Waals surface area contributed by atoms with Crippen LogP contribution in [0.3, 0.4) is 0 Å². The average Bonchev–Trinajstić information content (AvgIpc) is 2.96. The largest absolute Gasteiger partial charge is 0.291 e. The fourth-order valence-electron chi connectivity index (χ4n) is 8.76. The van der Waals surface area contributed by atoms with E-state index in [2.05, 4.69) is 27.1 Å². The summed E-state index contributed by atoms with van der Waals surface area (Å²) in [5.41, 5.74) is 1.22. The van der Waals surface area contributed by atoms with Gasteiger partial charge in [-0.2, -0.15) is 0 Å². The Morgan fingerprint density at radius 2 is 1.72 bits per heavy atom. The van der Waals surface area contributed by atoms with Gasteiger partial charge in [0.25, 0.3) is 0 Å². The second-order valence-corrected chi connectivity index (χ2v) is 10.8. The molecule has 4 saturated carbocycles. The van der Waals surface area contributed by atoms with Crippen LogP contribution in [-0.4, -0.2) is 6.29 Å². The SMILES string of the molecule is C[C@H](CC[C]=O)[C@H]1CC[C@H]2[C@@H]3CCC4CCCC[C@]4(C)[C@H]3CC[C@]12C. The molecule has 141 valence electrons. The highest BCUT2D eigenvalue weighted by atomic mass is 16.1. The highest BCUT2D eigenvalue weighted by molar-refractivity contribution is 5.50. The quantitative estimate of drug-likeness (QED) is 0.565. The van der Waals surface area contributed by atoms with Crippen LogP contribution in [0.5, 0.6) is 0 Å². The zero-order valence-electron chi connectivity index (χ0n) is 16.9. The lowest BCUT2D eigenvalue weighted by atomic mass is 9.44. The van der Waals surface area contributed by atoms with Crippen molar-refractivity contribution in [3.63, 3.8) is 0 Å². The van der Waals surface area contributed by atoms with Gasteiger partial charge in [-0.25, -0.2) is 0 Å². The minimum absolute atomic E-state index is 0.557. The third-order valence-corrected chi connectivity index (χ3v) is 10.0. The molecule has 1 unspecified atom stereocenters. The summed E-state index contributed by atoms with van der Waals surface area (Å²) >= 11 is 0. The maximum Gasteiger partial charge on any atom is 0.198 e. The van der Waals surface area contributed by atoms with E-state index in [-0.39, 0.29) is 0 Å². The highest BCUT2D eigenvalue weighted by Crippen LogP contribution is 2.68. The van der Waals surface area contributed by atoms with Crippen molar-refractivity contribution in [1.82, 2.24) is 0 Å². The number of rotatable bonds is 4. The average molecular weight is 344 g/mol. The third kappa shape index (κ3) is 2.74. The molecule has 8 atom stereocenters. The molecule has 1 heteroatoms. The Hall–Kier alpha value is -0.330. The van der Waals surface area contributed by atoms with Crippen molar-refractivity contribution in [3.05, 3.63) is 0 Å². The first-order valence-corrected chi connectivity index (χ1v) is 11.4. The molecule has 1 nitrogen and oxygen atoms in total. The third-order valence-electron chi connectivity index (χ3n) is 10.0. The lowest BCUT2D eigenvalue weighted by molar-refractivity contribution is -0.114. The molecule has 0 aromatic carbocycles. The Morgan fingerprint density at radius 3 is 2.52 bits per heavy atom. The first-order chi connectivity index (χ1) is 12.0. The molecule has 0 aromatic rings. The van der Waals surface area contributed by atoms with Crippen LogP contribution in [0.2, 0.25) is 0 Å². The van der Waals surface area contributed by atoms with Crippen LogP contribution in [0.15, 0.2) is 0 Å². The van der Waals surface area contributed by atoms with Crippen molar-refractivity contribution in [2.75, 3.05) is 0 Å². The van der Waals surface area contributed by atoms with E-state index >= 15 is 0 Å². The van der Waals surface area contributed by atoms with Gasteiger partial charge in [-0.05, 0) is 104 Å². The topological polar surface area (TPSA) is 17.1 Å². The molecule has 0 amide bonds. The van der Waals surface area contributed by atoms with Gasteiger partial charge in [-0.3, -0.25) is 4.79 Å².